The first-order chi connectivity index (χ1) is 14.8. The molecule has 1 fully saturated rings. The smallest absolute Gasteiger partial charge is 0.283 e. The summed E-state index contributed by atoms with van der Waals surface area (Å²) in [6.45, 7) is 3.47. The van der Waals surface area contributed by atoms with E-state index in [2.05, 4.69) is 10.5 Å². The van der Waals surface area contributed by atoms with Gasteiger partial charge in [0.2, 0.25) is 0 Å². The molecule has 1 aliphatic rings. The third kappa shape index (κ3) is 4.35. The number of amides is 1. The first kappa shape index (κ1) is 19.9. The van der Waals surface area contributed by atoms with Crippen LogP contribution >= 0.6 is 34.8 Å². The highest BCUT2D eigenvalue weighted by Crippen LogP contribution is 2.33. The number of hydrogen-bond acceptors (Lipinski definition) is 3. The van der Waals surface area contributed by atoms with Gasteiger partial charge >= 0.3 is 0 Å². The molecule has 1 saturated heterocycles. The molecule has 1 aromatic heterocycles. The molecule has 2 heterocycles. The number of hydrazine groups is 1. The standard InChI is InChI=1S/C22H21Cl3N4O/c1-14-20(22(30)27-28-11-3-2-4-12-28)26-29(19-10-9-17(24)13-18(19)25)21(14)15-5-7-16(23)8-6-15/h5-10,13H,2-4,11-12H2,1H3,(H,27,30)/i10T. The number of nitrogens with zero attached hydrogens (tertiary/aromatic N) is 3. The van der Waals surface area contributed by atoms with Gasteiger partial charge in [-0.1, -0.05) is 53.4 Å². The van der Waals surface area contributed by atoms with Crippen LogP contribution in [0.4, 0.5) is 0 Å². The summed E-state index contributed by atoms with van der Waals surface area (Å²) >= 11 is 18.6. The SMILES string of the molecule is [3H]c1cc(Cl)cc(Cl)c1-n1nc(C(=O)NN2CCCCC2)c(C)c1-c1ccc(Cl)cc1. The van der Waals surface area contributed by atoms with E-state index in [1.807, 2.05) is 24.1 Å². The molecule has 0 spiro atoms. The van der Waals surface area contributed by atoms with Crippen LogP contribution in [0.15, 0.2) is 42.4 Å². The molecule has 30 heavy (non-hydrogen) atoms. The van der Waals surface area contributed by atoms with Crippen molar-refractivity contribution in [3.05, 3.63) is 68.8 Å². The third-order valence-corrected chi connectivity index (χ3v) is 5.88. The van der Waals surface area contributed by atoms with Crippen LogP contribution in [0.25, 0.3) is 16.9 Å². The Bertz CT molecular complexity index is 1100. The molecular weight excluding hydrogens is 443 g/mol. The minimum Gasteiger partial charge on any atom is -0.283 e. The van der Waals surface area contributed by atoms with Gasteiger partial charge in [0.25, 0.3) is 5.91 Å². The number of piperidine rings is 1. The number of nitrogens with one attached hydrogen (secondary N) is 1. The van der Waals surface area contributed by atoms with E-state index in [0.717, 1.165) is 31.5 Å². The Kier molecular flexibility index (Phi) is 5.95. The summed E-state index contributed by atoms with van der Waals surface area (Å²) in [5.74, 6) is -0.287. The Balaban J connectivity index is 1.84. The second kappa shape index (κ2) is 8.98. The van der Waals surface area contributed by atoms with Gasteiger partial charge in [-0.05, 0) is 50.1 Å². The number of hydrogen-bond donors (Lipinski definition) is 1. The van der Waals surface area contributed by atoms with Gasteiger partial charge in [-0.2, -0.15) is 5.10 Å². The first-order valence-corrected chi connectivity index (χ1v) is 10.9. The van der Waals surface area contributed by atoms with E-state index in [-0.39, 0.29) is 22.7 Å². The number of aromatic nitrogens is 2. The summed E-state index contributed by atoms with van der Waals surface area (Å²) in [5.41, 5.74) is 5.75. The summed E-state index contributed by atoms with van der Waals surface area (Å²) in [5, 5.41) is 7.76. The summed E-state index contributed by atoms with van der Waals surface area (Å²) in [6, 6.07) is 10.4. The average Bonchev–Trinajstić information content (AvgIpc) is 3.05. The molecule has 8 heteroatoms. The zero-order chi connectivity index (χ0) is 22.1. The number of halogens is 3. The molecule has 2 aromatic carbocycles. The van der Waals surface area contributed by atoms with Crippen LogP contribution in [0.3, 0.4) is 0 Å². The van der Waals surface area contributed by atoms with E-state index in [1.54, 1.807) is 22.9 Å². The molecule has 1 amide bonds. The highest BCUT2D eigenvalue weighted by molar-refractivity contribution is 6.35. The minimum atomic E-state index is -0.287. The normalized spacial score (nSPS) is 15.1. The highest BCUT2D eigenvalue weighted by atomic mass is 35.5. The van der Waals surface area contributed by atoms with Crippen molar-refractivity contribution in [3.63, 3.8) is 0 Å². The van der Waals surface area contributed by atoms with Crippen LogP contribution < -0.4 is 5.43 Å². The fraction of sp³-hybridized carbons (Fsp3) is 0.273. The van der Waals surface area contributed by atoms with Crippen molar-refractivity contribution in [3.8, 4) is 16.9 Å². The van der Waals surface area contributed by atoms with Gasteiger partial charge in [0, 0.05) is 34.3 Å². The molecule has 156 valence electrons. The maximum Gasteiger partial charge on any atom is 0.286 e. The number of benzene rings is 2. The Morgan fingerprint density at radius 1 is 1.07 bits per heavy atom. The monoisotopic (exact) mass is 464 g/mol. The lowest BCUT2D eigenvalue weighted by atomic mass is 10.1. The van der Waals surface area contributed by atoms with Crippen molar-refractivity contribution in [1.29, 1.82) is 0 Å². The zero-order valence-corrected chi connectivity index (χ0v) is 18.7. The summed E-state index contributed by atoms with van der Waals surface area (Å²) in [7, 11) is 0. The van der Waals surface area contributed by atoms with Gasteiger partial charge in [0.15, 0.2) is 5.69 Å². The van der Waals surface area contributed by atoms with Crippen LogP contribution in [-0.4, -0.2) is 33.8 Å². The van der Waals surface area contributed by atoms with Crippen molar-refractivity contribution in [2.45, 2.75) is 26.2 Å². The van der Waals surface area contributed by atoms with Gasteiger partial charge < -0.3 is 0 Å². The van der Waals surface area contributed by atoms with Crippen molar-refractivity contribution in [2.24, 2.45) is 0 Å². The fourth-order valence-corrected chi connectivity index (χ4v) is 4.22. The van der Waals surface area contributed by atoms with E-state index in [9.17, 15) is 4.79 Å². The highest BCUT2D eigenvalue weighted by Gasteiger charge is 2.24. The van der Waals surface area contributed by atoms with E-state index in [1.165, 1.54) is 12.5 Å². The molecule has 4 rings (SSSR count). The molecule has 0 saturated carbocycles. The third-order valence-electron chi connectivity index (χ3n) is 5.12. The number of carbonyl (C=O) groups excluding carboxylic acids is 1. The van der Waals surface area contributed by atoms with E-state index in [0.29, 0.717) is 27.0 Å². The van der Waals surface area contributed by atoms with E-state index < -0.39 is 0 Å². The maximum atomic E-state index is 13.1. The largest absolute Gasteiger partial charge is 0.286 e. The van der Waals surface area contributed by atoms with Crippen LogP contribution in [0.2, 0.25) is 15.1 Å². The van der Waals surface area contributed by atoms with Gasteiger partial charge in [-0.15, -0.1) is 0 Å². The second-order valence-electron chi connectivity index (χ2n) is 7.24. The summed E-state index contributed by atoms with van der Waals surface area (Å²) < 4.78 is 9.96. The lowest BCUT2D eigenvalue weighted by Crippen LogP contribution is -2.45. The van der Waals surface area contributed by atoms with E-state index >= 15 is 0 Å². The lowest BCUT2D eigenvalue weighted by molar-refractivity contribution is 0.0743. The predicted molar refractivity (Wildman–Crippen MR) is 122 cm³/mol. The molecule has 5 nitrogen and oxygen atoms in total. The quantitative estimate of drug-likeness (QED) is 0.519. The van der Waals surface area contributed by atoms with Crippen molar-refractivity contribution in [1.82, 2.24) is 20.2 Å². The van der Waals surface area contributed by atoms with Gasteiger partial charge in [-0.3, -0.25) is 10.2 Å². The summed E-state index contributed by atoms with van der Waals surface area (Å²) in [4.78, 5) is 13.1. The fourth-order valence-electron chi connectivity index (χ4n) is 3.62. The Labute approximate surface area is 191 Å². The molecule has 3 aromatic rings. The van der Waals surface area contributed by atoms with Gasteiger partial charge in [-0.25, -0.2) is 9.69 Å². The molecular formula is C22H21Cl3N4O. The molecule has 0 bridgehead atoms. The predicted octanol–water partition coefficient (Wildman–Crippen LogP) is 5.94. The molecule has 0 aliphatic carbocycles. The molecule has 1 N–H and O–H groups in total. The number of carbonyl (C=O) groups is 1. The average molecular weight is 466 g/mol. The van der Waals surface area contributed by atoms with Crippen molar-refractivity contribution >= 4 is 40.7 Å². The number of rotatable bonds is 4. The van der Waals surface area contributed by atoms with Gasteiger partial charge in [0.1, 0.15) is 0 Å². The first-order valence-electron chi connectivity index (χ1n) is 10.2. The lowest BCUT2D eigenvalue weighted by Gasteiger charge is -2.26. The van der Waals surface area contributed by atoms with Gasteiger partial charge in [0.05, 0.1) is 17.8 Å². The molecule has 0 atom stereocenters. The van der Waals surface area contributed by atoms with Crippen LogP contribution in [0.1, 0.15) is 36.7 Å². The second-order valence-corrected chi connectivity index (χ2v) is 8.52. The van der Waals surface area contributed by atoms with Crippen LogP contribution in [0, 0.1) is 6.92 Å². The Morgan fingerprint density at radius 2 is 1.77 bits per heavy atom. The Morgan fingerprint density at radius 3 is 2.43 bits per heavy atom. The van der Waals surface area contributed by atoms with Crippen LogP contribution in [-0.2, 0) is 0 Å². The van der Waals surface area contributed by atoms with Crippen molar-refractivity contribution < 1.29 is 6.17 Å². The van der Waals surface area contributed by atoms with Crippen molar-refractivity contribution in [2.75, 3.05) is 13.1 Å². The summed E-state index contributed by atoms with van der Waals surface area (Å²) in [6.07, 6.45) is 3.26. The van der Waals surface area contributed by atoms with E-state index in [4.69, 9.17) is 36.2 Å². The maximum absolute atomic E-state index is 13.1. The van der Waals surface area contributed by atoms with Crippen LogP contribution in [0.5, 0.6) is 0 Å². The topological polar surface area (TPSA) is 50.2 Å². The zero-order valence-electron chi connectivity index (χ0n) is 17.4. The molecule has 1 aliphatic heterocycles. The molecule has 0 radical (unpaired) electrons. The molecule has 0 unspecified atom stereocenters. The Hall–Kier alpha value is -2.05. The minimum absolute atomic E-state index is 0.109.